The number of hydrogen-bond donors (Lipinski definition) is 0. The van der Waals surface area contributed by atoms with E-state index < -0.39 is 5.41 Å². The van der Waals surface area contributed by atoms with Crippen molar-refractivity contribution in [1.29, 1.82) is 0 Å². The predicted molar refractivity (Wildman–Crippen MR) is 103 cm³/mol. The second kappa shape index (κ2) is 6.74. The Morgan fingerprint density at radius 2 is 2.00 bits per heavy atom. The van der Waals surface area contributed by atoms with Gasteiger partial charge in [-0.3, -0.25) is 9.59 Å². The summed E-state index contributed by atoms with van der Waals surface area (Å²) < 4.78 is 12.4. The molecule has 0 atom stereocenters. The second-order valence-corrected chi connectivity index (χ2v) is 6.90. The minimum atomic E-state index is -0.772. The lowest BCUT2D eigenvalue weighted by molar-refractivity contribution is -0.146. The molecule has 1 aliphatic carbocycles. The Morgan fingerprint density at radius 3 is 2.64 bits per heavy atom. The van der Waals surface area contributed by atoms with Crippen molar-refractivity contribution in [3.8, 4) is 17.0 Å². The highest BCUT2D eigenvalue weighted by atomic mass is 16.5. The number of Topliss-reactive ketones (excluding diaryl/α,β-unsaturated/α-hetero) is 1. The minimum absolute atomic E-state index is 0.00914. The molecule has 0 aliphatic heterocycles. The SMILES string of the molecule is CCOC(=O)C1(c2nc3c(OC)ccc(-c4cccc(C(C)=O)c4)n3n2)CC1. The number of nitrogens with zero attached hydrogens (tertiary/aromatic N) is 3. The summed E-state index contributed by atoms with van der Waals surface area (Å²) in [6, 6.07) is 11.0. The van der Waals surface area contributed by atoms with E-state index in [-0.39, 0.29) is 11.8 Å². The van der Waals surface area contributed by atoms with Gasteiger partial charge in [0.15, 0.2) is 23.0 Å². The molecular weight excluding hydrogens is 358 g/mol. The van der Waals surface area contributed by atoms with Gasteiger partial charge in [-0.25, -0.2) is 9.50 Å². The highest BCUT2D eigenvalue weighted by Crippen LogP contribution is 2.48. The summed E-state index contributed by atoms with van der Waals surface area (Å²) in [6.07, 6.45) is 1.33. The van der Waals surface area contributed by atoms with E-state index in [4.69, 9.17) is 9.47 Å². The lowest BCUT2D eigenvalue weighted by Crippen LogP contribution is -2.24. The zero-order valence-corrected chi connectivity index (χ0v) is 16.1. The third-order valence-corrected chi connectivity index (χ3v) is 5.08. The van der Waals surface area contributed by atoms with E-state index in [0.717, 1.165) is 11.3 Å². The van der Waals surface area contributed by atoms with Crippen LogP contribution in [0.15, 0.2) is 36.4 Å². The third-order valence-electron chi connectivity index (χ3n) is 5.08. The Labute approximate surface area is 162 Å². The van der Waals surface area contributed by atoms with Gasteiger partial charge in [-0.2, -0.15) is 0 Å². The number of hydrogen-bond acceptors (Lipinski definition) is 6. The first-order valence-electron chi connectivity index (χ1n) is 9.23. The summed E-state index contributed by atoms with van der Waals surface area (Å²) >= 11 is 0. The number of esters is 1. The Morgan fingerprint density at radius 1 is 1.21 bits per heavy atom. The fraction of sp³-hybridized carbons (Fsp3) is 0.333. The van der Waals surface area contributed by atoms with E-state index in [1.807, 2.05) is 30.3 Å². The van der Waals surface area contributed by atoms with Gasteiger partial charge in [0.1, 0.15) is 5.41 Å². The number of rotatable bonds is 6. The maximum absolute atomic E-state index is 12.5. The maximum Gasteiger partial charge on any atom is 0.319 e. The van der Waals surface area contributed by atoms with Gasteiger partial charge in [-0.15, -0.1) is 5.10 Å². The first-order valence-corrected chi connectivity index (χ1v) is 9.23. The number of methoxy groups -OCH3 is 1. The van der Waals surface area contributed by atoms with Gasteiger partial charge < -0.3 is 9.47 Å². The van der Waals surface area contributed by atoms with Crippen molar-refractivity contribution in [2.75, 3.05) is 13.7 Å². The molecule has 0 saturated heterocycles. The summed E-state index contributed by atoms with van der Waals surface area (Å²) in [6.45, 7) is 3.64. The molecule has 4 rings (SSSR count). The Kier molecular flexibility index (Phi) is 4.37. The average Bonchev–Trinajstić information content (AvgIpc) is 3.39. The van der Waals surface area contributed by atoms with Gasteiger partial charge in [-0.05, 0) is 44.9 Å². The first kappa shape index (κ1) is 18.2. The van der Waals surface area contributed by atoms with Crippen molar-refractivity contribution in [2.24, 2.45) is 0 Å². The van der Waals surface area contributed by atoms with Crippen LogP contribution in [0.1, 0.15) is 42.9 Å². The third kappa shape index (κ3) is 2.83. The van der Waals surface area contributed by atoms with Crippen molar-refractivity contribution in [2.45, 2.75) is 32.1 Å². The van der Waals surface area contributed by atoms with Crippen LogP contribution in [0.2, 0.25) is 0 Å². The molecule has 2 heterocycles. The van der Waals surface area contributed by atoms with Crippen LogP contribution < -0.4 is 4.74 Å². The molecule has 0 N–H and O–H groups in total. The summed E-state index contributed by atoms with van der Waals surface area (Å²) in [5, 5.41) is 4.65. The lowest BCUT2D eigenvalue weighted by Gasteiger charge is -2.09. The van der Waals surface area contributed by atoms with Crippen LogP contribution in [-0.4, -0.2) is 40.1 Å². The molecule has 0 radical (unpaired) electrons. The van der Waals surface area contributed by atoms with Gasteiger partial charge in [0, 0.05) is 11.1 Å². The fourth-order valence-electron chi connectivity index (χ4n) is 3.33. The van der Waals surface area contributed by atoms with Crippen molar-refractivity contribution < 1.29 is 19.1 Å². The molecule has 0 spiro atoms. The van der Waals surface area contributed by atoms with Crippen molar-refractivity contribution in [3.63, 3.8) is 0 Å². The molecule has 1 fully saturated rings. The molecule has 1 saturated carbocycles. The fourth-order valence-corrected chi connectivity index (χ4v) is 3.33. The zero-order valence-electron chi connectivity index (χ0n) is 16.1. The average molecular weight is 379 g/mol. The van der Waals surface area contributed by atoms with Gasteiger partial charge in [0.2, 0.25) is 0 Å². The molecule has 7 nitrogen and oxygen atoms in total. The first-order chi connectivity index (χ1) is 13.5. The van der Waals surface area contributed by atoms with Gasteiger partial charge in [0.25, 0.3) is 0 Å². The molecule has 0 unspecified atom stereocenters. The minimum Gasteiger partial charge on any atom is -0.493 e. The number of ketones is 1. The highest BCUT2D eigenvalue weighted by molar-refractivity contribution is 5.95. The summed E-state index contributed by atoms with van der Waals surface area (Å²) in [5.41, 5.74) is 1.96. The smallest absolute Gasteiger partial charge is 0.319 e. The summed E-state index contributed by atoms with van der Waals surface area (Å²) in [5.74, 6) is 0.708. The topological polar surface area (TPSA) is 82.8 Å². The van der Waals surface area contributed by atoms with Crippen molar-refractivity contribution in [1.82, 2.24) is 14.6 Å². The molecule has 28 heavy (non-hydrogen) atoms. The Hall–Kier alpha value is -3.22. The maximum atomic E-state index is 12.5. The monoisotopic (exact) mass is 379 g/mol. The molecule has 0 amide bonds. The van der Waals surface area contributed by atoms with Crippen LogP contribution in [0.25, 0.3) is 16.9 Å². The number of aromatic nitrogens is 3. The molecule has 7 heteroatoms. The lowest BCUT2D eigenvalue weighted by atomic mass is 10.1. The molecule has 3 aromatic rings. The van der Waals surface area contributed by atoms with Gasteiger partial charge >= 0.3 is 5.97 Å². The number of benzene rings is 1. The summed E-state index contributed by atoms with van der Waals surface area (Å²) in [7, 11) is 1.57. The van der Waals surface area contributed by atoms with E-state index in [0.29, 0.717) is 42.2 Å². The number of pyridine rings is 1. The van der Waals surface area contributed by atoms with Crippen LogP contribution in [0, 0.1) is 0 Å². The van der Waals surface area contributed by atoms with Crippen LogP contribution >= 0.6 is 0 Å². The van der Waals surface area contributed by atoms with E-state index in [1.165, 1.54) is 6.92 Å². The summed E-state index contributed by atoms with van der Waals surface area (Å²) in [4.78, 5) is 28.8. The molecule has 144 valence electrons. The predicted octanol–water partition coefficient (Wildman–Crippen LogP) is 3.20. The highest BCUT2D eigenvalue weighted by Gasteiger charge is 2.56. The zero-order chi connectivity index (χ0) is 19.9. The van der Waals surface area contributed by atoms with E-state index in [1.54, 1.807) is 24.6 Å². The Bertz CT molecular complexity index is 1080. The molecule has 1 aromatic carbocycles. The van der Waals surface area contributed by atoms with Crippen LogP contribution in [-0.2, 0) is 14.9 Å². The standard InChI is InChI=1S/C21H21N3O4/c1-4-28-20(26)21(10-11-21)19-22-18-17(27-3)9-8-16(24(18)23-19)15-7-5-6-14(12-15)13(2)25/h5-9,12H,4,10-11H2,1-3H3. The number of ether oxygens (including phenoxy) is 2. The van der Waals surface area contributed by atoms with Crippen LogP contribution in [0.4, 0.5) is 0 Å². The quantitative estimate of drug-likeness (QED) is 0.483. The number of fused-ring (bicyclic) bond motifs is 1. The van der Waals surface area contributed by atoms with Gasteiger partial charge in [0.05, 0.1) is 19.4 Å². The van der Waals surface area contributed by atoms with Crippen LogP contribution in [0.5, 0.6) is 5.75 Å². The Balaban J connectivity index is 1.88. The second-order valence-electron chi connectivity index (χ2n) is 6.90. The number of carbonyl (C=O) groups excluding carboxylic acids is 2. The van der Waals surface area contributed by atoms with E-state index in [9.17, 15) is 9.59 Å². The normalized spacial score (nSPS) is 14.7. The molecular formula is C21H21N3O4. The van der Waals surface area contributed by atoms with Gasteiger partial charge in [-0.1, -0.05) is 18.2 Å². The molecule has 1 aliphatic rings. The number of carbonyl (C=O) groups is 2. The van der Waals surface area contributed by atoms with E-state index >= 15 is 0 Å². The van der Waals surface area contributed by atoms with Crippen molar-refractivity contribution in [3.05, 3.63) is 47.8 Å². The largest absolute Gasteiger partial charge is 0.493 e. The molecule has 0 bridgehead atoms. The van der Waals surface area contributed by atoms with Crippen molar-refractivity contribution >= 4 is 17.4 Å². The molecule has 2 aromatic heterocycles. The van der Waals surface area contributed by atoms with Crippen LogP contribution in [0.3, 0.4) is 0 Å². The van der Waals surface area contributed by atoms with E-state index in [2.05, 4.69) is 10.1 Å².